The summed E-state index contributed by atoms with van der Waals surface area (Å²) in [6.07, 6.45) is 0. The highest BCUT2D eigenvalue weighted by molar-refractivity contribution is 5.98. The second-order valence-electron chi connectivity index (χ2n) is 1.43. The Hall–Kier alpha value is -1.66. The van der Waals surface area contributed by atoms with Crippen molar-refractivity contribution in [3.8, 4) is 0 Å². The van der Waals surface area contributed by atoms with Crippen LogP contribution in [0, 0.1) is 10.1 Å². The minimum Gasteiger partial charge on any atom is -0.476 e. The van der Waals surface area contributed by atoms with Crippen LogP contribution in [0.15, 0.2) is 0 Å². The first-order chi connectivity index (χ1) is 4.46. The Morgan fingerprint density at radius 2 is 2.00 bits per heavy atom. The van der Waals surface area contributed by atoms with E-state index in [9.17, 15) is 19.7 Å². The molecule has 0 aliphatic heterocycles. The van der Waals surface area contributed by atoms with E-state index in [0.29, 0.717) is 0 Å². The Morgan fingerprint density at radius 1 is 1.60 bits per heavy atom. The van der Waals surface area contributed by atoms with E-state index in [1.165, 1.54) is 0 Å². The fourth-order valence-electron chi connectivity index (χ4n) is 0.316. The Bertz CT molecular complexity index is 154. The molecular weight excluding hydrogens is 144 g/mol. The molecule has 10 heavy (non-hydrogen) atoms. The maximum absolute atomic E-state index is 9.98. The van der Waals surface area contributed by atoms with Crippen molar-refractivity contribution in [2.75, 3.05) is 0 Å². The Balaban J connectivity index is 4.43. The van der Waals surface area contributed by atoms with Crippen molar-refractivity contribution in [3.05, 3.63) is 10.1 Å². The van der Waals surface area contributed by atoms with Gasteiger partial charge in [0.25, 0.3) is 0 Å². The van der Waals surface area contributed by atoms with Crippen LogP contribution in [0.3, 0.4) is 0 Å². The number of aliphatic carboxylic acids is 1. The molecule has 0 aromatic carbocycles. The molecule has 0 aromatic rings. The summed E-state index contributed by atoms with van der Waals surface area (Å²) in [5.41, 5.74) is 4.38. The molecule has 1 atom stereocenters. The minimum atomic E-state index is -2.33. The van der Waals surface area contributed by atoms with Gasteiger partial charge in [-0.1, -0.05) is 0 Å². The molecule has 1 unspecified atom stereocenters. The van der Waals surface area contributed by atoms with Gasteiger partial charge in [0.2, 0.25) is 0 Å². The molecule has 0 heterocycles. The highest BCUT2D eigenvalue weighted by Crippen LogP contribution is 1.87. The standard InChI is InChI=1S/C3H4N2O5/c4-2(6)1(3(7)8)5(9)10/h1H,(H2,4,6)(H,7,8). The molecule has 0 saturated carbocycles. The maximum atomic E-state index is 9.98. The second-order valence-corrected chi connectivity index (χ2v) is 1.43. The van der Waals surface area contributed by atoms with Crippen molar-refractivity contribution < 1.29 is 19.6 Å². The van der Waals surface area contributed by atoms with Gasteiger partial charge in [-0.3, -0.25) is 14.9 Å². The number of carboxylic acid groups (broad SMARTS) is 1. The Labute approximate surface area is 54.6 Å². The van der Waals surface area contributed by atoms with Crippen molar-refractivity contribution in [1.29, 1.82) is 0 Å². The summed E-state index contributed by atoms with van der Waals surface area (Å²) in [5.74, 6) is -3.32. The summed E-state index contributed by atoms with van der Waals surface area (Å²) in [7, 11) is 0. The van der Waals surface area contributed by atoms with Crippen LogP contribution in [0.1, 0.15) is 0 Å². The van der Waals surface area contributed by atoms with Crippen molar-refractivity contribution in [2.24, 2.45) is 5.73 Å². The maximum Gasteiger partial charge on any atom is 0.389 e. The first-order valence-corrected chi connectivity index (χ1v) is 2.12. The number of carbonyl (C=O) groups excluding carboxylic acids is 1. The second kappa shape index (κ2) is 2.76. The zero-order valence-corrected chi connectivity index (χ0v) is 4.68. The molecular formula is C3H4N2O5. The average molecular weight is 148 g/mol. The van der Waals surface area contributed by atoms with E-state index >= 15 is 0 Å². The van der Waals surface area contributed by atoms with Crippen molar-refractivity contribution in [1.82, 2.24) is 0 Å². The van der Waals surface area contributed by atoms with Gasteiger partial charge in [-0.25, -0.2) is 4.79 Å². The van der Waals surface area contributed by atoms with E-state index < -0.39 is 22.8 Å². The van der Waals surface area contributed by atoms with Crippen LogP contribution in [0.5, 0.6) is 0 Å². The number of hydrogen-bond acceptors (Lipinski definition) is 4. The van der Waals surface area contributed by atoms with E-state index in [-0.39, 0.29) is 0 Å². The number of nitrogens with zero attached hydrogens (tertiary/aromatic N) is 1. The number of nitro groups is 1. The van der Waals surface area contributed by atoms with Gasteiger partial charge in [0.15, 0.2) is 0 Å². The lowest BCUT2D eigenvalue weighted by Gasteiger charge is -1.96. The lowest BCUT2D eigenvalue weighted by atomic mass is 10.3. The van der Waals surface area contributed by atoms with E-state index in [0.717, 1.165) is 0 Å². The van der Waals surface area contributed by atoms with Crippen LogP contribution in [0.4, 0.5) is 0 Å². The third kappa shape index (κ3) is 1.69. The molecule has 7 nitrogen and oxygen atoms in total. The van der Waals surface area contributed by atoms with E-state index in [1.54, 1.807) is 0 Å². The van der Waals surface area contributed by atoms with Gasteiger partial charge in [0, 0.05) is 4.92 Å². The quantitative estimate of drug-likeness (QED) is 0.277. The fraction of sp³-hybridized carbons (Fsp3) is 0.333. The van der Waals surface area contributed by atoms with Crippen LogP contribution >= 0.6 is 0 Å². The molecule has 0 aliphatic rings. The molecule has 0 aliphatic carbocycles. The third-order valence-electron chi connectivity index (χ3n) is 0.714. The monoisotopic (exact) mass is 148 g/mol. The van der Waals surface area contributed by atoms with Gasteiger partial charge in [-0.2, -0.15) is 0 Å². The lowest BCUT2D eigenvalue weighted by Crippen LogP contribution is -2.41. The van der Waals surface area contributed by atoms with Crippen molar-refractivity contribution >= 4 is 11.9 Å². The summed E-state index contributed by atoms with van der Waals surface area (Å²) in [4.78, 5) is 28.3. The molecule has 0 radical (unpaired) electrons. The Morgan fingerprint density at radius 3 is 2.00 bits per heavy atom. The van der Waals surface area contributed by atoms with E-state index in [2.05, 4.69) is 5.73 Å². The van der Waals surface area contributed by atoms with Gasteiger partial charge in [-0.15, -0.1) is 0 Å². The number of primary amides is 1. The predicted octanol–water partition coefficient (Wildman–Crippen LogP) is -1.80. The van der Waals surface area contributed by atoms with E-state index in [1.807, 2.05) is 0 Å². The SMILES string of the molecule is NC(=O)C(C(=O)O)[N+](=O)[O-]. The van der Waals surface area contributed by atoms with Gasteiger partial charge in [0.05, 0.1) is 0 Å². The van der Waals surface area contributed by atoms with Crippen LogP contribution in [-0.2, 0) is 9.59 Å². The topological polar surface area (TPSA) is 124 Å². The molecule has 0 aromatic heterocycles. The third-order valence-corrected chi connectivity index (χ3v) is 0.714. The molecule has 56 valence electrons. The van der Waals surface area contributed by atoms with Crippen LogP contribution in [0.25, 0.3) is 0 Å². The normalized spacial score (nSPS) is 12.0. The van der Waals surface area contributed by atoms with Gasteiger partial charge in [-0.05, 0) is 0 Å². The summed E-state index contributed by atoms with van der Waals surface area (Å²) >= 11 is 0. The smallest absolute Gasteiger partial charge is 0.389 e. The molecule has 1 amide bonds. The Kier molecular flexibility index (Phi) is 2.30. The highest BCUT2D eigenvalue weighted by atomic mass is 16.6. The average Bonchev–Trinajstić information content (AvgIpc) is 1.59. The largest absolute Gasteiger partial charge is 0.476 e. The number of amides is 1. The van der Waals surface area contributed by atoms with Gasteiger partial charge in [0.1, 0.15) is 0 Å². The molecule has 7 heteroatoms. The highest BCUT2D eigenvalue weighted by Gasteiger charge is 2.35. The number of carbonyl (C=O) groups is 2. The predicted molar refractivity (Wildman–Crippen MR) is 27.6 cm³/mol. The molecule has 0 fully saturated rings. The fourth-order valence-corrected chi connectivity index (χ4v) is 0.316. The summed E-state index contributed by atoms with van der Waals surface area (Å²) < 4.78 is 0. The first kappa shape index (κ1) is 8.34. The minimum absolute atomic E-state index is 1.26. The van der Waals surface area contributed by atoms with Gasteiger partial charge >= 0.3 is 17.9 Å². The van der Waals surface area contributed by atoms with Crippen LogP contribution in [-0.4, -0.2) is 27.9 Å². The number of carboxylic acids is 1. The molecule has 3 N–H and O–H groups in total. The summed E-state index contributed by atoms with van der Waals surface area (Å²) in [6, 6.07) is -2.33. The number of nitrogens with two attached hydrogens (primary N) is 1. The number of hydrogen-bond donors (Lipinski definition) is 2. The molecule has 0 saturated heterocycles. The molecule has 0 spiro atoms. The van der Waals surface area contributed by atoms with Crippen molar-refractivity contribution in [3.63, 3.8) is 0 Å². The number of rotatable bonds is 3. The lowest BCUT2D eigenvalue weighted by molar-refractivity contribution is -0.496. The molecule has 0 rings (SSSR count). The summed E-state index contributed by atoms with van der Waals surface area (Å²) in [6.45, 7) is 0. The zero-order valence-electron chi connectivity index (χ0n) is 4.68. The van der Waals surface area contributed by atoms with Crippen LogP contribution < -0.4 is 5.73 Å². The van der Waals surface area contributed by atoms with Crippen LogP contribution in [0.2, 0.25) is 0 Å². The van der Waals surface area contributed by atoms with Gasteiger partial charge < -0.3 is 10.8 Å². The first-order valence-electron chi connectivity index (χ1n) is 2.12. The van der Waals surface area contributed by atoms with E-state index in [4.69, 9.17) is 5.11 Å². The zero-order chi connectivity index (χ0) is 8.31. The molecule has 0 bridgehead atoms. The summed E-state index contributed by atoms with van der Waals surface area (Å²) in [5, 5.41) is 17.7. The van der Waals surface area contributed by atoms with Crippen molar-refractivity contribution in [2.45, 2.75) is 6.04 Å².